The van der Waals surface area contributed by atoms with Crippen LogP contribution >= 0.6 is 0 Å². The maximum absolute atomic E-state index is 13.3. The molecule has 8 nitrogen and oxygen atoms in total. The summed E-state index contributed by atoms with van der Waals surface area (Å²) in [4.78, 5) is 13.5. The van der Waals surface area contributed by atoms with Crippen LogP contribution in [0.3, 0.4) is 0 Å². The van der Waals surface area contributed by atoms with Crippen molar-refractivity contribution in [2.24, 2.45) is 0 Å². The van der Waals surface area contributed by atoms with Crippen molar-refractivity contribution in [3.63, 3.8) is 0 Å². The molecular weight excluding hydrogens is 377 g/mol. The standard InChI is InChI=1S/C14H21F3N4O4S/c1-9-10(7-12(25-9)26(23,24)18-2)13(22)20-8-11(14(15,16)17)21-5-3-19-4-6-21/h7,11,18-19H,3-6,8H2,1-2H3,(H,20,22). The Hall–Kier alpha value is -1.63. The van der Waals surface area contributed by atoms with E-state index in [0.717, 1.165) is 6.07 Å². The van der Waals surface area contributed by atoms with Crippen LogP contribution in [0.2, 0.25) is 0 Å². The van der Waals surface area contributed by atoms with Crippen molar-refractivity contribution in [2.75, 3.05) is 39.8 Å². The van der Waals surface area contributed by atoms with E-state index in [4.69, 9.17) is 4.42 Å². The highest BCUT2D eigenvalue weighted by Gasteiger charge is 2.44. The third kappa shape index (κ3) is 4.75. The number of sulfonamides is 1. The summed E-state index contributed by atoms with van der Waals surface area (Å²) in [5.41, 5.74) is -0.125. The molecule has 1 amide bonds. The van der Waals surface area contributed by atoms with Crippen LogP contribution in [0.4, 0.5) is 13.2 Å². The van der Waals surface area contributed by atoms with E-state index in [1.54, 1.807) is 0 Å². The second kappa shape index (κ2) is 7.94. The third-order valence-corrected chi connectivity index (χ3v) is 5.37. The van der Waals surface area contributed by atoms with Gasteiger partial charge in [0.1, 0.15) is 11.8 Å². The summed E-state index contributed by atoms with van der Waals surface area (Å²) in [6.07, 6.45) is -4.50. The number of rotatable bonds is 6. The van der Waals surface area contributed by atoms with Crippen molar-refractivity contribution in [1.29, 1.82) is 0 Å². The van der Waals surface area contributed by atoms with Crippen molar-refractivity contribution in [1.82, 2.24) is 20.3 Å². The highest BCUT2D eigenvalue weighted by Crippen LogP contribution is 2.25. The largest absolute Gasteiger partial charge is 0.448 e. The van der Waals surface area contributed by atoms with Crippen molar-refractivity contribution in [3.8, 4) is 0 Å². The Morgan fingerprint density at radius 1 is 1.38 bits per heavy atom. The van der Waals surface area contributed by atoms with Crippen LogP contribution in [0.1, 0.15) is 16.1 Å². The van der Waals surface area contributed by atoms with Crippen LogP contribution in [0.5, 0.6) is 0 Å². The summed E-state index contributed by atoms with van der Waals surface area (Å²) in [6, 6.07) is -0.828. The molecule has 12 heteroatoms. The molecule has 1 fully saturated rings. The Kier molecular flexibility index (Phi) is 6.32. The highest BCUT2D eigenvalue weighted by atomic mass is 32.2. The molecule has 2 rings (SSSR count). The molecule has 1 aliphatic heterocycles. The van der Waals surface area contributed by atoms with Crippen LogP contribution in [0.25, 0.3) is 0 Å². The first-order valence-electron chi connectivity index (χ1n) is 7.90. The smallest absolute Gasteiger partial charge is 0.405 e. The van der Waals surface area contributed by atoms with E-state index in [0.29, 0.717) is 13.1 Å². The second-order valence-electron chi connectivity index (χ2n) is 5.80. The zero-order valence-electron chi connectivity index (χ0n) is 14.3. The maximum Gasteiger partial charge on any atom is 0.405 e. The summed E-state index contributed by atoms with van der Waals surface area (Å²) < 4.78 is 70.4. The average molecular weight is 398 g/mol. The molecule has 0 radical (unpaired) electrons. The summed E-state index contributed by atoms with van der Waals surface area (Å²) in [7, 11) is -2.72. The van der Waals surface area contributed by atoms with Gasteiger partial charge in [0.25, 0.3) is 15.9 Å². The number of carbonyl (C=O) groups is 1. The van der Waals surface area contributed by atoms with Crippen molar-refractivity contribution in [3.05, 3.63) is 17.4 Å². The minimum atomic E-state index is -4.50. The first-order valence-corrected chi connectivity index (χ1v) is 9.38. The Morgan fingerprint density at radius 2 is 2.00 bits per heavy atom. The molecule has 0 spiro atoms. The van der Waals surface area contributed by atoms with Crippen LogP contribution in [-0.2, 0) is 10.0 Å². The molecule has 1 atom stereocenters. The Morgan fingerprint density at radius 3 is 2.54 bits per heavy atom. The molecule has 3 N–H and O–H groups in total. The molecule has 26 heavy (non-hydrogen) atoms. The van der Waals surface area contributed by atoms with E-state index >= 15 is 0 Å². The predicted molar refractivity (Wildman–Crippen MR) is 86.3 cm³/mol. The lowest BCUT2D eigenvalue weighted by molar-refractivity contribution is -0.183. The SMILES string of the molecule is CNS(=O)(=O)c1cc(C(=O)NCC(N2CCNCC2)C(F)(F)F)c(C)o1. The van der Waals surface area contributed by atoms with Crippen molar-refractivity contribution >= 4 is 15.9 Å². The Labute approximate surface area is 149 Å². The lowest BCUT2D eigenvalue weighted by atomic mass is 10.2. The fraction of sp³-hybridized carbons (Fsp3) is 0.643. The highest BCUT2D eigenvalue weighted by molar-refractivity contribution is 7.89. The lowest BCUT2D eigenvalue weighted by Gasteiger charge is -2.35. The monoisotopic (exact) mass is 398 g/mol. The average Bonchev–Trinajstić information content (AvgIpc) is 2.97. The molecular formula is C14H21F3N4O4S. The number of aryl methyl sites for hydroxylation is 1. The molecule has 0 aliphatic carbocycles. The van der Waals surface area contributed by atoms with Gasteiger partial charge in [0, 0.05) is 38.8 Å². The number of nitrogens with zero attached hydrogens (tertiary/aromatic N) is 1. The molecule has 1 aromatic rings. The van der Waals surface area contributed by atoms with Crippen LogP contribution in [0, 0.1) is 6.92 Å². The zero-order chi connectivity index (χ0) is 19.5. The van der Waals surface area contributed by atoms with Gasteiger partial charge in [-0.15, -0.1) is 0 Å². The molecule has 148 valence electrons. The number of nitrogens with one attached hydrogen (secondary N) is 3. The number of piperazine rings is 1. The van der Waals surface area contributed by atoms with Gasteiger partial charge >= 0.3 is 6.18 Å². The van der Waals surface area contributed by atoms with Gasteiger partial charge in [0.05, 0.1) is 5.56 Å². The number of alkyl halides is 3. The molecule has 0 saturated carbocycles. The first-order chi connectivity index (χ1) is 12.1. The predicted octanol–water partition coefficient (Wildman–Crippen LogP) is 0.0620. The molecule has 0 aromatic carbocycles. The summed E-state index contributed by atoms with van der Waals surface area (Å²) in [6.45, 7) is 2.03. The van der Waals surface area contributed by atoms with Gasteiger partial charge in [-0.2, -0.15) is 13.2 Å². The van der Waals surface area contributed by atoms with Crippen LogP contribution in [0.15, 0.2) is 15.6 Å². The third-order valence-electron chi connectivity index (χ3n) is 4.10. The molecule has 1 aliphatic rings. The van der Waals surface area contributed by atoms with Gasteiger partial charge in [0.15, 0.2) is 0 Å². The number of hydrogen-bond donors (Lipinski definition) is 3. The fourth-order valence-electron chi connectivity index (χ4n) is 2.64. The van der Waals surface area contributed by atoms with Gasteiger partial charge in [0.2, 0.25) is 5.09 Å². The minimum absolute atomic E-state index is 0.00190. The van der Waals surface area contributed by atoms with Gasteiger partial charge in [-0.25, -0.2) is 13.1 Å². The van der Waals surface area contributed by atoms with Crippen molar-refractivity contribution in [2.45, 2.75) is 24.2 Å². The van der Waals surface area contributed by atoms with Gasteiger partial charge in [-0.1, -0.05) is 0 Å². The van der Waals surface area contributed by atoms with Crippen molar-refractivity contribution < 1.29 is 30.8 Å². The summed E-state index contributed by atoms with van der Waals surface area (Å²) in [5.74, 6) is -0.824. The van der Waals surface area contributed by atoms with Gasteiger partial charge in [-0.05, 0) is 14.0 Å². The molecule has 0 bridgehead atoms. The summed E-state index contributed by atoms with van der Waals surface area (Å²) >= 11 is 0. The number of carbonyl (C=O) groups excluding carboxylic acids is 1. The number of furan rings is 1. The summed E-state index contributed by atoms with van der Waals surface area (Å²) in [5, 5.41) is 4.73. The molecule has 1 aromatic heterocycles. The molecule has 1 saturated heterocycles. The minimum Gasteiger partial charge on any atom is -0.448 e. The zero-order valence-corrected chi connectivity index (χ0v) is 15.1. The fourth-order valence-corrected chi connectivity index (χ4v) is 3.35. The molecule has 2 heterocycles. The first kappa shape index (κ1) is 20.7. The Bertz CT molecular complexity index is 742. The van der Waals surface area contributed by atoms with E-state index in [1.807, 2.05) is 4.72 Å². The van der Waals surface area contributed by atoms with E-state index < -0.39 is 39.8 Å². The van der Waals surface area contributed by atoms with E-state index in [1.165, 1.54) is 18.9 Å². The number of halogens is 3. The van der Waals surface area contributed by atoms with Gasteiger partial charge in [-0.3, -0.25) is 9.69 Å². The van der Waals surface area contributed by atoms with E-state index in [-0.39, 0.29) is 24.4 Å². The quantitative estimate of drug-likeness (QED) is 0.626. The second-order valence-corrected chi connectivity index (χ2v) is 7.61. The Balaban J connectivity index is 2.11. The lowest BCUT2D eigenvalue weighted by Crippen LogP contribution is -2.57. The van der Waals surface area contributed by atoms with E-state index in [2.05, 4.69) is 10.6 Å². The maximum atomic E-state index is 13.3. The van der Waals surface area contributed by atoms with Crippen LogP contribution in [-0.4, -0.2) is 71.2 Å². The molecule has 1 unspecified atom stereocenters. The normalized spacial score (nSPS) is 17.9. The van der Waals surface area contributed by atoms with E-state index in [9.17, 15) is 26.4 Å². The van der Waals surface area contributed by atoms with Gasteiger partial charge < -0.3 is 15.1 Å². The van der Waals surface area contributed by atoms with Crippen LogP contribution < -0.4 is 15.4 Å². The topological polar surface area (TPSA) is 104 Å². The number of hydrogen-bond acceptors (Lipinski definition) is 6. The number of amides is 1.